The van der Waals surface area contributed by atoms with Gasteiger partial charge in [0, 0.05) is 29.3 Å². The summed E-state index contributed by atoms with van der Waals surface area (Å²) in [6, 6.07) is 6.21. The minimum atomic E-state index is -0.961. The van der Waals surface area contributed by atoms with Crippen LogP contribution in [0.2, 0.25) is 0 Å². The van der Waals surface area contributed by atoms with Gasteiger partial charge in [-0.2, -0.15) is 0 Å². The lowest BCUT2D eigenvalue weighted by Gasteiger charge is -2.21. The summed E-state index contributed by atoms with van der Waals surface area (Å²) in [5.41, 5.74) is 0.225. The highest BCUT2D eigenvalue weighted by atomic mass is 32.2. The van der Waals surface area contributed by atoms with Crippen LogP contribution < -0.4 is 4.74 Å². The molecule has 0 aliphatic carbocycles. The molecule has 1 heterocycles. The van der Waals surface area contributed by atoms with Gasteiger partial charge in [-0.1, -0.05) is 0 Å². The number of carboxylic acids is 1. The zero-order chi connectivity index (χ0) is 14.4. The summed E-state index contributed by atoms with van der Waals surface area (Å²) in [6.45, 7) is 1.75. The van der Waals surface area contributed by atoms with E-state index in [1.54, 1.807) is 12.1 Å². The van der Waals surface area contributed by atoms with Crippen molar-refractivity contribution in [2.45, 2.75) is 18.1 Å². The Labute approximate surface area is 120 Å². The summed E-state index contributed by atoms with van der Waals surface area (Å²) in [4.78, 5) is 10.7. The van der Waals surface area contributed by atoms with Gasteiger partial charge in [-0.25, -0.2) is 4.79 Å². The molecule has 1 aliphatic heterocycles. The van der Waals surface area contributed by atoms with E-state index in [9.17, 15) is 9.00 Å². The van der Waals surface area contributed by atoms with E-state index >= 15 is 0 Å². The van der Waals surface area contributed by atoms with Crippen molar-refractivity contribution in [2.24, 2.45) is 0 Å². The van der Waals surface area contributed by atoms with E-state index in [-0.39, 0.29) is 10.8 Å². The van der Waals surface area contributed by atoms with Crippen LogP contribution in [0.3, 0.4) is 0 Å². The third kappa shape index (κ3) is 4.31. The molecule has 1 aromatic carbocycles. The number of carboxylic acid groups (broad SMARTS) is 1. The molecule has 2 rings (SSSR count). The summed E-state index contributed by atoms with van der Waals surface area (Å²) < 4.78 is 22.8. The molecule has 0 aromatic heterocycles. The Balaban J connectivity index is 1.74. The molecule has 0 bridgehead atoms. The van der Waals surface area contributed by atoms with Crippen molar-refractivity contribution in [3.05, 3.63) is 29.8 Å². The third-order valence-electron chi connectivity index (χ3n) is 3.19. The normalized spacial score (nSPS) is 17.6. The molecular formula is C14H18O5S. The average molecular weight is 298 g/mol. The lowest BCUT2D eigenvalue weighted by molar-refractivity contribution is 0.0697. The predicted molar refractivity (Wildman–Crippen MR) is 75.7 cm³/mol. The van der Waals surface area contributed by atoms with Crippen molar-refractivity contribution in [2.75, 3.05) is 25.6 Å². The van der Waals surface area contributed by atoms with Gasteiger partial charge < -0.3 is 14.6 Å². The maximum atomic E-state index is 12.0. The number of aromatic carboxylic acids is 1. The number of carbonyl (C=O) groups is 1. The molecule has 0 radical (unpaired) electrons. The van der Waals surface area contributed by atoms with E-state index in [4.69, 9.17) is 14.6 Å². The van der Waals surface area contributed by atoms with Crippen LogP contribution in [0.15, 0.2) is 24.3 Å². The van der Waals surface area contributed by atoms with Crippen LogP contribution in [-0.2, 0) is 15.5 Å². The Hall–Kier alpha value is -1.40. The van der Waals surface area contributed by atoms with Crippen LogP contribution in [0.5, 0.6) is 5.75 Å². The molecule has 1 aromatic rings. The molecule has 1 atom stereocenters. The average Bonchev–Trinajstić information content (AvgIpc) is 2.48. The van der Waals surface area contributed by atoms with Gasteiger partial charge >= 0.3 is 5.97 Å². The van der Waals surface area contributed by atoms with Gasteiger partial charge in [0.1, 0.15) is 5.75 Å². The fourth-order valence-corrected chi connectivity index (χ4v) is 3.34. The van der Waals surface area contributed by atoms with E-state index in [1.165, 1.54) is 12.1 Å². The Bertz CT molecular complexity index is 465. The van der Waals surface area contributed by atoms with E-state index in [2.05, 4.69) is 0 Å². The lowest BCUT2D eigenvalue weighted by Crippen LogP contribution is -2.27. The summed E-state index contributed by atoms with van der Waals surface area (Å²) in [5.74, 6) is 0.127. The van der Waals surface area contributed by atoms with Crippen LogP contribution in [0.1, 0.15) is 23.2 Å². The molecule has 110 valence electrons. The van der Waals surface area contributed by atoms with Gasteiger partial charge in [0.05, 0.1) is 17.9 Å². The van der Waals surface area contributed by atoms with Crippen LogP contribution >= 0.6 is 0 Å². The van der Waals surface area contributed by atoms with Gasteiger partial charge in [0.25, 0.3) is 0 Å². The molecule has 1 saturated heterocycles. The minimum absolute atomic E-state index is 0.210. The molecular weight excluding hydrogens is 280 g/mol. The zero-order valence-corrected chi connectivity index (χ0v) is 11.9. The zero-order valence-electron chi connectivity index (χ0n) is 11.1. The second-order valence-electron chi connectivity index (χ2n) is 4.57. The topological polar surface area (TPSA) is 72.8 Å². The highest BCUT2D eigenvalue weighted by Gasteiger charge is 2.19. The Morgan fingerprint density at radius 1 is 1.30 bits per heavy atom. The number of ether oxygens (including phenoxy) is 2. The Morgan fingerprint density at radius 3 is 2.55 bits per heavy atom. The van der Waals surface area contributed by atoms with E-state index in [1.807, 2.05) is 0 Å². The molecule has 1 fully saturated rings. The number of rotatable bonds is 6. The summed E-state index contributed by atoms with van der Waals surface area (Å²) in [6.07, 6.45) is 1.69. The fraction of sp³-hybridized carbons (Fsp3) is 0.500. The van der Waals surface area contributed by atoms with Crippen molar-refractivity contribution in [3.63, 3.8) is 0 Å². The number of hydrogen-bond donors (Lipinski definition) is 1. The molecule has 6 heteroatoms. The summed E-state index contributed by atoms with van der Waals surface area (Å²) in [5, 5.41) is 8.99. The molecule has 1 unspecified atom stereocenters. The Kier molecular flexibility index (Phi) is 5.55. The third-order valence-corrected chi connectivity index (χ3v) is 4.98. The van der Waals surface area contributed by atoms with Crippen molar-refractivity contribution in [1.82, 2.24) is 0 Å². The maximum absolute atomic E-state index is 12.0. The van der Waals surface area contributed by atoms with Gasteiger partial charge in [0.2, 0.25) is 0 Å². The van der Waals surface area contributed by atoms with Crippen molar-refractivity contribution >= 4 is 16.8 Å². The van der Waals surface area contributed by atoms with Crippen molar-refractivity contribution < 1.29 is 23.6 Å². The predicted octanol–water partition coefficient (Wildman–Crippen LogP) is 1.69. The second kappa shape index (κ2) is 7.40. The van der Waals surface area contributed by atoms with Gasteiger partial charge in [-0.3, -0.25) is 4.21 Å². The largest absolute Gasteiger partial charge is 0.493 e. The van der Waals surface area contributed by atoms with Crippen LogP contribution in [0.4, 0.5) is 0 Å². The highest BCUT2D eigenvalue weighted by molar-refractivity contribution is 7.85. The SMILES string of the molecule is O=C(O)c1ccc(OCCS(=O)C2CCOCC2)cc1. The standard InChI is InChI=1S/C14H18O5S/c15-14(16)11-1-3-12(4-2-11)19-9-10-20(17)13-5-7-18-8-6-13/h1-4,13H,5-10H2,(H,15,16). The van der Waals surface area contributed by atoms with Gasteiger partial charge in [-0.05, 0) is 37.1 Å². The molecule has 1 N–H and O–H groups in total. The van der Waals surface area contributed by atoms with Crippen LogP contribution in [-0.4, -0.2) is 46.1 Å². The Morgan fingerprint density at radius 2 is 1.95 bits per heavy atom. The first kappa shape index (κ1) is 15.0. The monoisotopic (exact) mass is 298 g/mol. The first-order valence-corrected chi connectivity index (χ1v) is 7.96. The molecule has 0 amide bonds. The lowest BCUT2D eigenvalue weighted by atomic mass is 10.2. The van der Waals surface area contributed by atoms with E-state index in [0.717, 1.165) is 12.8 Å². The maximum Gasteiger partial charge on any atom is 0.335 e. The second-order valence-corrected chi connectivity index (χ2v) is 6.41. The minimum Gasteiger partial charge on any atom is -0.493 e. The first-order valence-electron chi connectivity index (χ1n) is 6.58. The molecule has 0 saturated carbocycles. The van der Waals surface area contributed by atoms with E-state index < -0.39 is 16.8 Å². The highest BCUT2D eigenvalue weighted by Crippen LogP contribution is 2.15. The van der Waals surface area contributed by atoms with E-state index in [0.29, 0.717) is 31.3 Å². The quantitative estimate of drug-likeness (QED) is 0.865. The number of benzene rings is 1. The van der Waals surface area contributed by atoms with Gasteiger partial charge in [-0.15, -0.1) is 0 Å². The van der Waals surface area contributed by atoms with Crippen LogP contribution in [0.25, 0.3) is 0 Å². The summed E-state index contributed by atoms with van der Waals surface area (Å²) in [7, 11) is -0.891. The molecule has 20 heavy (non-hydrogen) atoms. The van der Waals surface area contributed by atoms with Crippen molar-refractivity contribution in [1.29, 1.82) is 0 Å². The van der Waals surface area contributed by atoms with Gasteiger partial charge in [0.15, 0.2) is 0 Å². The molecule has 5 nitrogen and oxygen atoms in total. The van der Waals surface area contributed by atoms with Crippen molar-refractivity contribution in [3.8, 4) is 5.75 Å². The fourth-order valence-electron chi connectivity index (χ4n) is 2.04. The number of hydrogen-bond acceptors (Lipinski definition) is 4. The summed E-state index contributed by atoms with van der Waals surface area (Å²) >= 11 is 0. The molecule has 1 aliphatic rings. The molecule has 0 spiro atoms. The van der Waals surface area contributed by atoms with Crippen LogP contribution in [0, 0.1) is 0 Å². The first-order chi connectivity index (χ1) is 9.66. The smallest absolute Gasteiger partial charge is 0.335 e.